The zero-order valence-corrected chi connectivity index (χ0v) is 9.60. The van der Waals surface area contributed by atoms with E-state index in [4.69, 9.17) is 5.11 Å². The third-order valence-corrected chi connectivity index (χ3v) is 4.08. The lowest BCUT2D eigenvalue weighted by molar-refractivity contribution is -0.148. The summed E-state index contributed by atoms with van der Waals surface area (Å²) in [5, 5.41) is 18.7. The molecule has 0 bridgehead atoms. The van der Waals surface area contributed by atoms with Crippen molar-refractivity contribution in [2.24, 2.45) is 0 Å². The van der Waals surface area contributed by atoms with E-state index in [1.165, 1.54) is 18.4 Å². The summed E-state index contributed by atoms with van der Waals surface area (Å²) in [5.41, 5.74) is 1.79. The van der Waals surface area contributed by atoms with E-state index >= 15 is 0 Å². The van der Waals surface area contributed by atoms with Gasteiger partial charge >= 0.3 is 5.97 Å². The standard InChI is InChI=1S/C14H16O3/c15-12(13(16)17)14(7-8-14)11-5-3-10(4-6-11)9-1-2-9/h3-6,9,12,15H,1-2,7-8H2,(H,16,17). The number of carbonyl (C=O) groups is 1. The van der Waals surface area contributed by atoms with Crippen LogP contribution in [-0.4, -0.2) is 22.3 Å². The van der Waals surface area contributed by atoms with E-state index in [9.17, 15) is 9.90 Å². The first-order chi connectivity index (χ1) is 8.13. The molecular weight excluding hydrogens is 216 g/mol. The second-order valence-corrected chi connectivity index (χ2v) is 5.29. The molecule has 0 radical (unpaired) electrons. The number of aliphatic hydroxyl groups is 1. The van der Waals surface area contributed by atoms with Crippen LogP contribution < -0.4 is 0 Å². The van der Waals surface area contributed by atoms with Gasteiger partial charge in [-0.25, -0.2) is 4.79 Å². The van der Waals surface area contributed by atoms with Crippen LogP contribution in [0.15, 0.2) is 24.3 Å². The van der Waals surface area contributed by atoms with Gasteiger partial charge < -0.3 is 10.2 Å². The highest BCUT2D eigenvalue weighted by Gasteiger charge is 2.53. The van der Waals surface area contributed by atoms with Gasteiger partial charge in [0.1, 0.15) is 0 Å². The average molecular weight is 232 g/mol. The summed E-state index contributed by atoms with van der Waals surface area (Å²) in [6.45, 7) is 0. The molecular formula is C14H16O3. The molecule has 2 aliphatic rings. The Morgan fingerprint density at radius 2 is 1.82 bits per heavy atom. The maximum absolute atomic E-state index is 10.9. The SMILES string of the molecule is O=C(O)C(O)C1(c2ccc(C3CC3)cc2)CC1. The zero-order valence-electron chi connectivity index (χ0n) is 9.60. The Balaban J connectivity index is 1.85. The number of rotatable bonds is 4. The van der Waals surface area contributed by atoms with E-state index in [2.05, 4.69) is 12.1 Å². The first-order valence-electron chi connectivity index (χ1n) is 6.15. The van der Waals surface area contributed by atoms with E-state index in [1.54, 1.807) is 0 Å². The highest BCUT2D eigenvalue weighted by atomic mass is 16.4. The van der Waals surface area contributed by atoms with Crippen LogP contribution in [0.25, 0.3) is 0 Å². The Kier molecular flexibility index (Phi) is 2.26. The summed E-state index contributed by atoms with van der Waals surface area (Å²) in [6, 6.07) is 8.16. The van der Waals surface area contributed by atoms with Gasteiger partial charge in [0.05, 0.1) is 0 Å². The third kappa shape index (κ3) is 1.75. The second kappa shape index (κ2) is 3.57. The Morgan fingerprint density at radius 1 is 1.24 bits per heavy atom. The van der Waals surface area contributed by atoms with Gasteiger partial charge in [-0.05, 0) is 42.7 Å². The number of aliphatic carboxylic acids is 1. The van der Waals surface area contributed by atoms with Gasteiger partial charge in [-0.2, -0.15) is 0 Å². The van der Waals surface area contributed by atoms with Gasteiger partial charge in [0.25, 0.3) is 0 Å². The first-order valence-corrected chi connectivity index (χ1v) is 6.15. The highest BCUT2D eigenvalue weighted by molar-refractivity contribution is 5.75. The average Bonchev–Trinajstić information content (AvgIpc) is 3.19. The largest absolute Gasteiger partial charge is 0.479 e. The fourth-order valence-electron chi connectivity index (χ4n) is 2.59. The molecule has 3 heteroatoms. The van der Waals surface area contributed by atoms with Crippen LogP contribution >= 0.6 is 0 Å². The lowest BCUT2D eigenvalue weighted by Crippen LogP contribution is -2.33. The molecule has 90 valence electrons. The summed E-state index contributed by atoms with van der Waals surface area (Å²) in [4.78, 5) is 10.9. The molecule has 2 aliphatic carbocycles. The van der Waals surface area contributed by atoms with Crippen molar-refractivity contribution in [3.8, 4) is 0 Å². The molecule has 1 atom stereocenters. The smallest absolute Gasteiger partial charge is 0.333 e. The van der Waals surface area contributed by atoms with Gasteiger partial charge in [0, 0.05) is 5.41 Å². The number of hydrogen-bond acceptors (Lipinski definition) is 2. The van der Waals surface area contributed by atoms with E-state index in [-0.39, 0.29) is 0 Å². The molecule has 3 rings (SSSR count). The predicted molar refractivity (Wildman–Crippen MR) is 63.0 cm³/mol. The molecule has 1 unspecified atom stereocenters. The van der Waals surface area contributed by atoms with Crippen LogP contribution in [0, 0.1) is 0 Å². The Labute approximate surface area is 100 Å². The normalized spacial score (nSPS) is 23.1. The maximum atomic E-state index is 10.9. The highest BCUT2D eigenvalue weighted by Crippen LogP contribution is 2.51. The van der Waals surface area contributed by atoms with Gasteiger partial charge in [-0.15, -0.1) is 0 Å². The number of benzene rings is 1. The Bertz CT molecular complexity index is 441. The van der Waals surface area contributed by atoms with Crippen molar-refractivity contribution in [3.05, 3.63) is 35.4 Å². The van der Waals surface area contributed by atoms with Crippen molar-refractivity contribution in [2.45, 2.75) is 43.1 Å². The Hall–Kier alpha value is -1.35. The quantitative estimate of drug-likeness (QED) is 0.835. The van der Waals surface area contributed by atoms with Crippen LogP contribution in [0.2, 0.25) is 0 Å². The van der Waals surface area contributed by atoms with E-state index in [1.807, 2.05) is 12.1 Å². The van der Waals surface area contributed by atoms with Crippen LogP contribution in [-0.2, 0) is 10.2 Å². The number of carboxylic acid groups (broad SMARTS) is 1. The van der Waals surface area contributed by atoms with E-state index < -0.39 is 17.5 Å². The number of hydrogen-bond donors (Lipinski definition) is 2. The second-order valence-electron chi connectivity index (χ2n) is 5.29. The zero-order chi connectivity index (χ0) is 12.0. The molecule has 0 heterocycles. The van der Waals surface area contributed by atoms with Crippen molar-refractivity contribution < 1.29 is 15.0 Å². The van der Waals surface area contributed by atoms with Crippen molar-refractivity contribution >= 4 is 5.97 Å². The fraction of sp³-hybridized carbons (Fsp3) is 0.500. The lowest BCUT2D eigenvalue weighted by Gasteiger charge is -2.19. The molecule has 0 spiro atoms. The minimum atomic E-state index is -1.27. The monoisotopic (exact) mass is 232 g/mol. The molecule has 0 saturated heterocycles. The van der Waals surface area contributed by atoms with Crippen molar-refractivity contribution in [1.82, 2.24) is 0 Å². The Morgan fingerprint density at radius 3 is 2.24 bits per heavy atom. The molecule has 1 aromatic carbocycles. The van der Waals surface area contributed by atoms with Crippen LogP contribution in [0.5, 0.6) is 0 Å². The molecule has 2 saturated carbocycles. The summed E-state index contributed by atoms with van der Waals surface area (Å²) in [7, 11) is 0. The van der Waals surface area contributed by atoms with E-state index in [0.717, 1.165) is 18.4 Å². The molecule has 1 aromatic rings. The molecule has 2 N–H and O–H groups in total. The van der Waals surface area contributed by atoms with Gasteiger partial charge in [0.2, 0.25) is 0 Å². The molecule has 17 heavy (non-hydrogen) atoms. The van der Waals surface area contributed by atoms with Crippen molar-refractivity contribution in [1.29, 1.82) is 0 Å². The number of carboxylic acids is 1. The molecule has 0 aromatic heterocycles. The summed E-state index contributed by atoms with van der Waals surface area (Å²) in [5.74, 6) is -0.405. The van der Waals surface area contributed by atoms with Crippen LogP contribution in [0.3, 0.4) is 0 Å². The van der Waals surface area contributed by atoms with Gasteiger partial charge in [-0.1, -0.05) is 24.3 Å². The van der Waals surface area contributed by atoms with Crippen LogP contribution in [0.1, 0.15) is 42.7 Å². The summed E-state index contributed by atoms with van der Waals surface area (Å²) in [6.07, 6.45) is 2.80. The van der Waals surface area contributed by atoms with Crippen molar-refractivity contribution in [2.75, 3.05) is 0 Å². The number of aliphatic hydroxyl groups excluding tert-OH is 1. The fourth-order valence-corrected chi connectivity index (χ4v) is 2.59. The predicted octanol–water partition coefficient (Wildman–Crippen LogP) is 2.04. The maximum Gasteiger partial charge on any atom is 0.333 e. The lowest BCUT2D eigenvalue weighted by atomic mass is 9.89. The van der Waals surface area contributed by atoms with Gasteiger partial charge in [-0.3, -0.25) is 0 Å². The first kappa shape index (κ1) is 10.8. The summed E-state index contributed by atoms with van der Waals surface area (Å²) < 4.78 is 0. The topological polar surface area (TPSA) is 57.5 Å². The van der Waals surface area contributed by atoms with Gasteiger partial charge in [0.15, 0.2) is 6.10 Å². The molecule has 3 nitrogen and oxygen atoms in total. The summed E-state index contributed by atoms with van der Waals surface area (Å²) >= 11 is 0. The minimum Gasteiger partial charge on any atom is -0.479 e. The third-order valence-electron chi connectivity index (χ3n) is 4.08. The van der Waals surface area contributed by atoms with E-state index in [0.29, 0.717) is 5.92 Å². The molecule has 0 amide bonds. The molecule has 0 aliphatic heterocycles. The van der Waals surface area contributed by atoms with Crippen molar-refractivity contribution in [3.63, 3.8) is 0 Å². The molecule has 2 fully saturated rings. The minimum absolute atomic E-state index is 0.520. The van der Waals surface area contributed by atoms with Crippen LogP contribution in [0.4, 0.5) is 0 Å².